The number of carbonyl (C=O) groups excluding carboxylic acids is 1. The molecule has 1 unspecified atom stereocenters. The summed E-state index contributed by atoms with van der Waals surface area (Å²) in [6.07, 6.45) is 5.01. The Balaban J connectivity index is 1.59. The van der Waals surface area contributed by atoms with Crippen LogP contribution in [0.3, 0.4) is 0 Å². The summed E-state index contributed by atoms with van der Waals surface area (Å²) < 4.78 is 0. The molecule has 138 valence electrons. The highest BCUT2D eigenvalue weighted by atomic mass is 32.2. The molecule has 1 N–H and O–H groups in total. The third kappa shape index (κ3) is 4.32. The minimum atomic E-state index is 0.0361. The van der Waals surface area contributed by atoms with Crippen LogP contribution in [-0.4, -0.2) is 59.6 Å². The second-order valence-corrected chi connectivity index (χ2v) is 8.61. The van der Waals surface area contributed by atoms with E-state index in [1.54, 1.807) is 0 Å². The maximum absolute atomic E-state index is 12.7. The summed E-state index contributed by atoms with van der Waals surface area (Å²) >= 11 is 2.05. The van der Waals surface area contributed by atoms with E-state index in [4.69, 9.17) is 0 Å². The van der Waals surface area contributed by atoms with Crippen LogP contribution in [-0.2, 0) is 0 Å². The summed E-state index contributed by atoms with van der Waals surface area (Å²) in [5.74, 6) is 2.45. The van der Waals surface area contributed by atoms with E-state index in [0.29, 0.717) is 0 Å². The summed E-state index contributed by atoms with van der Waals surface area (Å²) in [4.78, 5) is 17.2. The summed E-state index contributed by atoms with van der Waals surface area (Å²) in [7, 11) is 1.89. The van der Waals surface area contributed by atoms with E-state index in [9.17, 15) is 4.79 Å². The van der Waals surface area contributed by atoms with Gasteiger partial charge in [-0.05, 0) is 25.3 Å². The summed E-state index contributed by atoms with van der Waals surface area (Å²) in [5.41, 5.74) is 1.36. The number of thioether (sulfide) groups is 1. The van der Waals surface area contributed by atoms with Crippen molar-refractivity contribution in [3.05, 3.63) is 35.9 Å². The van der Waals surface area contributed by atoms with E-state index in [-0.39, 0.29) is 17.6 Å². The fourth-order valence-electron chi connectivity index (χ4n) is 4.17. The van der Waals surface area contributed by atoms with Crippen LogP contribution >= 0.6 is 11.8 Å². The van der Waals surface area contributed by atoms with Gasteiger partial charge in [-0.15, -0.1) is 0 Å². The van der Waals surface area contributed by atoms with Crippen molar-refractivity contribution in [2.75, 3.05) is 38.2 Å². The highest BCUT2D eigenvalue weighted by Crippen LogP contribution is 2.36. The molecule has 5 heteroatoms. The number of urea groups is 1. The van der Waals surface area contributed by atoms with Gasteiger partial charge in [-0.25, -0.2) is 4.79 Å². The molecule has 25 heavy (non-hydrogen) atoms. The first-order valence-electron chi connectivity index (χ1n) is 9.51. The Morgan fingerprint density at radius 3 is 2.52 bits per heavy atom. The van der Waals surface area contributed by atoms with Crippen LogP contribution in [0.4, 0.5) is 4.79 Å². The van der Waals surface area contributed by atoms with Crippen LogP contribution in [0.25, 0.3) is 0 Å². The zero-order chi connectivity index (χ0) is 17.7. The lowest BCUT2D eigenvalue weighted by Crippen LogP contribution is -2.57. The van der Waals surface area contributed by atoms with Gasteiger partial charge in [0.15, 0.2) is 0 Å². The summed E-state index contributed by atoms with van der Waals surface area (Å²) in [6.45, 7) is 5.19. The highest BCUT2D eigenvalue weighted by molar-refractivity contribution is 7.99. The molecule has 0 radical (unpaired) electrons. The van der Waals surface area contributed by atoms with Gasteiger partial charge in [0.2, 0.25) is 0 Å². The SMILES string of the molecule is CC(c1ccccc1)N(C)C(=O)NCC1(N2CCSCC2)CCCC1. The smallest absolute Gasteiger partial charge is 0.317 e. The summed E-state index contributed by atoms with van der Waals surface area (Å²) in [5, 5.41) is 3.25. The quantitative estimate of drug-likeness (QED) is 0.867. The predicted molar refractivity (Wildman–Crippen MR) is 106 cm³/mol. The van der Waals surface area contributed by atoms with E-state index in [1.807, 2.05) is 41.9 Å². The molecule has 1 atom stereocenters. The topological polar surface area (TPSA) is 35.6 Å². The van der Waals surface area contributed by atoms with Gasteiger partial charge in [0.05, 0.1) is 6.04 Å². The van der Waals surface area contributed by atoms with Gasteiger partial charge >= 0.3 is 6.03 Å². The molecule has 1 aromatic rings. The van der Waals surface area contributed by atoms with Gasteiger partial charge < -0.3 is 10.2 Å². The molecule has 0 bridgehead atoms. The molecule has 2 aliphatic rings. The lowest BCUT2D eigenvalue weighted by atomic mass is 9.94. The van der Waals surface area contributed by atoms with Gasteiger partial charge in [0.1, 0.15) is 0 Å². The Labute approximate surface area is 156 Å². The average Bonchev–Trinajstić information content (AvgIpc) is 3.16. The van der Waals surface area contributed by atoms with Crippen molar-refractivity contribution in [1.82, 2.24) is 15.1 Å². The van der Waals surface area contributed by atoms with E-state index < -0.39 is 0 Å². The fourth-order valence-corrected chi connectivity index (χ4v) is 5.07. The van der Waals surface area contributed by atoms with Crippen molar-refractivity contribution in [2.45, 2.75) is 44.2 Å². The minimum Gasteiger partial charge on any atom is -0.336 e. The molecule has 1 aliphatic heterocycles. The number of nitrogens with one attached hydrogen (secondary N) is 1. The van der Waals surface area contributed by atoms with E-state index in [2.05, 4.69) is 29.3 Å². The molecule has 1 saturated carbocycles. The Morgan fingerprint density at radius 1 is 1.24 bits per heavy atom. The van der Waals surface area contributed by atoms with E-state index in [1.165, 1.54) is 42.8 Å². The Kier molecular flexibility index (Phi) is 6.29. The lowest BCUT2D eigenvalue weighted by Gasteiger charge is -2.43. The van der Waals surface area contributed by atoms with Crippen LogP contribution < -0.4 is 5.32 Å². The number of amides is 2. The molecule has 1 saturated heterocycles. The van der Waals surface area contributed by atoms with Crippen LogP contribution in [0, 0.1) is 0 Å². The first-order valence-corrected chi connectivity index (χ1v) is 10.7. The van der Waals surface area contributed by atoms with Gasteiger partial charge in [-0.1, -0.05) is 43.2 Å². The normalized spacial score (nSPS) is 21.7. The van der Waals surface area contributed by atoms with Gasteiger partial charge in [-0.3, -0.25) is 4.90 Å². The lowest BCUT2D eigenvalue weighted by molar-refractivity contribution is 0.101. The van der Waals surface area contributed by atoms with Crippen molar-refractivity contribution >= 4 is 17.8 Å². The number of hydrogen-bond acceptors (Lipinski definition) is 3. The van der Waals surface area contributed by atoms with Crippen LogP contribution in [0.1, 0.15) is 44.2 Å². The Bertz CT molecular complexity index is 553. The average molecular weight is 362 g/mol. The molecule has 2 amide bonds. The third-order valence-electron chi connectivity index (χ3n) is 5.97. The zero-order valence-electron chi connectivity index (χ0n) is 15.5. The molecule has 0 spiro atoms. The van der Waals surface area contributed by atoms with Crippen molar-refractivity contribution in [2.24, 2.45) is 0 Å². The standard InChI is InChI=1S/C20H31N3OS/c1-17(18-8-4-3-5-9-18)22(2)19(24)21-16-20(10-6-7-11-20)23-12-14-25-15-13-23/h3-5,8-9,17H,6-7,10-16H2,1-2H3,(H,21,24). The number of hydrogen-bond donors (Lipinski definition) is 1. The van der Waals surface area contributed by atoms with Crippen LogP contribution in [0.2, 0.25) is 0 Å². The Hall–Kier alpha value is -1.20. The van der Waals surface area contributed by atoms with Gasteiger partial charge in [0.25, 0.3) is 0 Å². The summed E-state index contributed by atoms with van der Waals surface area (Å²) in [6, 6.07) is 10.3. The van der Waals surface area contributed by atoms with Crippen molar-refractivity contribution < 1.29 is 4.79 Å². The molecule has 2 fully saturated rings. The van der Waals surface area contributed by atoms with Crippen LogP contribution in [0.5, 0.6) is 0 Å². The monoisotopic (exact) mass is 361 g/mol. The minimum absolute atomic E-state index is 0.0361. The molecule has 4 nitrogen and oxygen atoms in total. The maximum atomic E-state index is 12.7. The first-order chi connectivity index (χ1) is 12.1. The fraction of sp³-hybridized carbons (Fsp3) is 0.650. The first kappa shape index (κ1) is 18.6. The molecule has 3 rings (SSSR count). The molecular weight excluding hydrogens is 330 g/mol. The number of rotatable bonds is 5. The van der Waals surface area contributed by atoms with E-state index in [0.717, 1.165) is 19.6 Å². The molecular formula is C20H31N3OS. The van der Waals surface area contributed by atoms with Crippen molar-refractivity contribution in [1.29, 1.82) is 0 Å². The zero-order valence-corrected chi connectivity index (χ0v) is 16.4. The molecule has 1 aromatic carbocycles. The second-order valence-electron chi connectivity index (χ2n) is 7.39. The Morgan fingerprint density at radius 2 is 1.88 bits per heavy atom. The molecule has 1 aliphatic carbocycles. The number of carbonyl (C=O) groups is 1. The largest absolute Gasteiger partial charge is 0.336 e. The van der Waals surface area contributed by atoms with Gasteiger partial charge in [-0.2, -0.15) is 11.8 Å². The van der Waals surface area contributed by atoms with Crippen molar-refractivity contribution in [3.63, 3.8) is 0 Å². The second kappa shape index (κ2) is 8.45. The molecule has 0 aromatic heterocycles. The highest BCUT2D eigenvalue weighted by Gasteiger charge is 2.40. The van der Waals surface area contributed by atoms with Gasteiger partial charge in [0, 0.05) is 43.7 Å². The van der Waals surface area contributed by atoms with Crippen LogP contribution in [0.15, 0.2) is 30.3 Å². The third-order valence-corrected chi connectivity index (χ3v) is 6.91. The number of benzene rings is 1. The van der Waals surface area contributed by atoms with Crippen molar-refractivity contribution in [3.8, 4) is 0 Å². The predicted octanol–water partition coefficient (Wildman–Crippen LogP) is 3.75. The number of nitrogens with zero attached hydrogens (tertiary/aromatic N) is 2. The maximum Gasteiger partial charge on any atom is 0.317 e. The molecule has 1 heterocycles. The van der Waals surface area contributed by atoms with E-state index >= 15 is 0 Å².